The number of rotatable bonds is 3. The van der Waals surface area contributed by atoms with Gasteiger partial charge in [-0.3, -0.25) is 10.1 Å². The lowest BCUT2D eigenvalue weighted by Crippen LogP contribution is -2.33. The van der Waals surface area contributed by atoms with Crippen molar-refractivity contribution in [2.75, 3.05) is 6.79 Å². The van der Waals surface area contributed by atoms with Crippen LogP contribution >= 0.6 is 15.9 Å². The number of hydrogen-bond acceptors (Lipinski definition) is 7. The summed E-state index contributed by atoms with van der Waals surface area (Å²) < 4.78 is 18.3. The average Bonchev–Trinajstić information content (AvgIpc) is 3.45. The van der Waals surface area contributed by atoms with E-state index in [1.54, 1.807) is 12.1 Å². The SMILES string of the molecule is O=[N+]([O-])c1ccc([C@H]2Oc3ccc(Br)cc3[C@H]3CC(c4ccc5c(c4)OCO5)=NN32)cc1. The van der Waals surface area contributed by atoms with Gasteiger partial charge in [0.2, 0.25) is 13.0 Å². The smallest absolute Gasteiger partial charge is 0.269 e. The third kappa shape index (κ3) is 3.08. The molecule has 0 saturated carbocycles. The zero-order valence-electron chi connectivity index (χ0n) is 16.6. The van der Waals surface area contributed by atoms with Crippen molar-refractivity contribution in [2.24, 2.45) is 5.10 Å². The van der Waals surface area contributed by atoms with E-state index in [9.17, 15) is 10.1 Å². The van der Waals surface area contributed by atoms with Gasteiger partial charge in [0.05, 0.1) is 16.7 Å². The molecule has 0 fully saturated rings. The molecule has 3 heterocycles. The van der Waals surface area contributed by atoms with Gasteiger partial charge in [-0.1, -0.05) is 15.9 Å². The molecule has 8 nitrogen and oxygen atoms in total. The first-order chi connectivity index (χ1) is 15.6. The number of benzene rings is 3. The molecule has 0 saturated heterocycles. The molecule has 6 rings (SSSR count). The lowest BCUT2D eigenvalue weighted by atomic mass is 9.95. The molecule has 9 heteroatoms. The Balaban J connectivity index is 1.42. The minimum absolute atomic E-state index is 0.0307. The number of hydrogen-bond donors (Lipinski definition) is 0. The molecule has 3 aliphatic heterocycles. The molecule has 3 aromatic rings. The van der Waals surface area contributed by atoms with Gasteiger partial charge in [0.1, 0.15) is 5.75 Å². The van der Waals surface area contributed by atoms with Crippen LogP contribution in [0.3, 0.4) is 0 Å². The molecule has 3 aliphatic rings. The number of hydrazone groups is 1. The van der Waals surface area contributed by atoms with Crippen molar-refractivity contribution in [1.29, 1.82) is 0 Å². The summed E-state index contributed by atoms with van der Waals surface area (Å²) >= 11 is 3.56. The van der Waals surface area contributed by atoms with Gasteiger partial charge in [-0.2, -0.15) is 5.10 Å². The molecular weight excluding hydrogens is 478 g/mol. The van der Waals surface area contributed by atoms with Crippen LogP contribution in [0.5, 0.6) is 17.2 Å². The standard InChI is InChI=1S/C23H16BrN3O5/c24-15-4-8-20-17(10-15)19-11-18(14-3-7-21-22(9-14)31-12-30-21)25-26(19)23(32-20)13-1-5-16(6-2-13)27(28)29/h1-10,19,23H,11-12H2/t19-,23-/m1/s1. The van der Waals surface area contributed by atoms with Crippen molar-refractivity contribution in [3.63, 3.8) is 0 Å². The molecule has 0 radical (unpaired) electrons. The van der Waals surface area contributed by atoms with E-state index in [0.29, 0.717) is 12.2 Å². The summed E-state index contributed by atoms with van der Waals surface area (Å²) in [6.45, 7) is 0.220. The van der Waals surface area contributed by atoms with Gasteiger partial charge in [-0.05, 0) is 48.5 Å². The van der Waals surface area contributed by atoms with Crippen LogP contribution in [0.4, 0.5) is 5.69 Å². The quantitative estimate of drug-likeness (QED) is 0.362. The highest BCUT2D eigenvalue weighted by Crippen LogP contribution is 2.48. The topological polar surface area (TPSA) is 86.4 Å². The summed E-state index contributed by atoms with van der Waals surface area (Å²) in [6, 6.07) is 18.1. The van der Waals surface area contributed by atoms with Gasteiger partial charge in [-0.25, -0.2) is 5.01 Å². The lowest BCUT2D eigenvalue weighted by Gasteiger charge is -2.38. The zero-order valence-corrected chi connectivity index (χ0v) is 18.2. The Morgan fingerprint density at radius 2 is 1.78 bits per heavy atom. The zero-order chi connectivity index (χ0) is 21.8. The van der Waals surface area contributed by atoms with Crippen molar-refractivity contribution < 1.29 is 19.1 Å². The van der Waals surface area contributed by atoms with E-state index in [1.165, 1.54) is 12.1 Å². The van der Waals surface area contributed by atoms with Gasteiger partial charge in [-0.15, -0.1) is 0 Å². The molecule has 0 amide bonds. The Morgan fingerprint density at radius 3 is 2.59 bits per heavy atom. The Hall–Kier alpha value is -3.59. The fraction of sp³-hybridized carbons (Fsp3) is 0.174. The predicted octanol–water partition coefficient (Wildman–Crippen LogP) is 5.33. The monoisotopic (exact) mass is 493 g/mol. The normalized spacial score (nSPS) is 20.3. The maximum absolute atomic E-state index is 11.1. The van der Waals surface area contributed by atoms with E-state index in [0.717, 1.165) is 38.4 Å². The number of nitro benzene ring substituents is 1. The highest BCUT2D eigenvalue weighted by molar-refractivity contribution is 9.10. The minimum Gasteiger partial charge on any atom is -0.464 e. The summed E-state index contributed by atoms with van der Waals surface area (Å²) in [5, 5.41) is 17.9. The maximum Gasteiger partial charge on any atom is 0.269 e. The molecule has 0 bridgehead atoms. The van der Waals surface area contributed by atoms with Gasteiger partial charge >= 0.3 is 0 Å². The van der Waals surface area contributed by atoms with E-state index in [1.807, 2.05) is 35.3 Å². The molecule has 0 aromatic heterocycles. The van der Waals surface area contributed by atoms with Crippen LogP contribution in [-0.2, 0) is 0 Å². The Morgan fingerprint density at radius 1 is 1.00 bits per heavy atom. The van der Waals surface area contributed by atoms with Crippen molar-refractivity contribution in [3.05, 3.63) is 91.9 Å². The highest BCUT2D eigenvalue weighted by Gasteiger charge is 2.41. The molecule has 160 valence electrons. The fourth-order valence-corrected chi connectivity index (χ4v) is 4.67. The molecule has 0 N–H and O–H groups in total. The van der Waals surface area contributed by atoms with Crippen LogP contribution < -0.4 is 14.2 Å². The number of fused-ring (bicyclic) bond motifs is 4. The molecular formula is C23H16BrN3O5. The number of nitrogens with zero attached hydrogens (tertiary/aromatic N) is 3. The average molecular weight is 494 g/mol. The fourth-order valence-electron chi connectivity index (χ4n) is 4.29. The molecule has 0 aliphatic carbocycles. The summed E-state index contributed by atoms with van der Waals surface area (Å²) in [7, 11) is 0. The van der Waals surface area contributed by atoms with E-state index >= 15 is 0 Å². The second-order valence-electron chi connectivity index (χ2n) is 7.72. The second kappa shape index (κ2) is 7.23. The van der Waals surface area contributed by atoms with Crippen molar-refractivity contribution in [2.45, 2.75) is 18.7 Å². The Bertz CT molecular complexity index is 1280. The largest absolute Gasteiger partial charge is 0.464 e. The van der Waals surface area contributed by atoms with E-state index < -0.39 is 11.2 Å². The summed E-state index contributed by atoms with van der Waals surface area (Å²) in [5.74, 6) is 2.22. The summed E-state index contributed by atoms with van der Waals surface area (Å²) in [5.41, 5.74) is 3.75. The second-order valence-corrected chi connectivity index (χ2v) is 8.63. The maximum atomic E-state index is 11.1. The van der Waals surface area contributed by atoms with Gasteiger partial charge in [0.15, 0.2) is 11.5 Å². The van der Waals surface area contributed by atoms with Crippen LogP contribution in [0, 0.1) is 10.1 Å². The number of non-ortho nitro benzene ring substituents is 1. The Kier molecular flexibility index (Phi) is 4.32. The first-order valence-electron chi connectivity index (χ1n) is 10.0. The van der Waals surface area contributed by atoms with Crippen molar-refractivity contribution in [1.82, 2.24) is 5.01 Å². The van der Waals surface area contributed by atoms with E-state index in [2.05, 4.69) is 22.0 Å². The summed E-state index contributed by atoms with van der Waals surface area (Å²) in [6.07, 6.45) is 0.191. The van der Waals surface area contributed by atoms with Gasteiger partial charge < -0.3 is 14.2 Å². The van der Waals surface area contributed by atoms with Crippen LogP contribution in [0.1, 0.15) is 35.4 Å². The van der Waals surface area contributed by atoms with Crippen LogP contribution in [0.15, 0.2) is 70.2 Å². The third-order valence-electron chi connectivity index (χ3n) is 5.85. The molecule has 0 spiro atoms. The van der Waals surface area contributed by atoms with Crippen molar-refractivity contribution >= 4 is 27.3 Å². The molecule has 3 aromatic carbocycles. The molecule has 0 unspecified atom stereocenters. The molecule has 2 atom stereocenters. The number of ether oxygens (including phenoxy) is 3. The third-order valence-corrected chi connectivity index (χ3v) is 6.34. The van der Waals surface area contributed by atoms with Crippen molar-refractivity contribution in [3.8, 4) is 17.2 Å². The summed E-state index contributed by atoms with van der Waals surface area (Å²) in [4.78, 5) is 10.7. The first kappa shape index (κ1) is 19.1. The molecule has 32 heavy (non-hydrogen) atoms. The van der Waals surface area contributed by atoms with Gasteiger partial charge in [0.25, 0.3) is 5.69 Å². The first-order valence-corrected chi connectivity index (χ1v) is 10.8. The van der Waals surface area contributed by atoms with Crippen LogP contribution in [0.25, 0.3) is 0 Å². The van der Waals surface area contributed by atoms with Crippen LogP contribution in [-0.4, -0.2) is 22.4 Å². The van der Waals surface area contributed by atoms with E-state index in [-0.39, 0.29) is 18.5 Å². The van der Waals surface area contributed by atoms with Crippen LogP contribution in [0.2, 0.25) is 0 Å². The Labute approximate surface area is 191 Å². The number of nitro groups is 1. The predicted molar refractivity (Wildman–Crippen MR) is 119 cm³/mol. The lowest BCUT2D eigenvalue weighted by molar-refractivity contribution is -0.384. The van der Waals surface area contributed by atoms with E-state index in [4.69, 9.17) is 19.3 Å². The highest BCUT2D eigenvalue weighted by atomic mass is 79.9. The number of halogens is 1. The minimum atomic E-state index is -0.499. The van der Waals surface area contributed by atoms with Gasteiger partial charge in [0, 0.05) is 39.7 Å².